The van der Waals surface area contributed by atoms with Gasteiger partial charge >= 0.3 is 18.9 Å². The summed E-state index contributed by atoms with van der Waals surface area (Å²) in [5.74, 6) is -0.821. The molecule has 0 bridgehead atoms. The Labute approximate surface area is 91.1 Å². The van der Waals surface area contributed by atoms with Crippen molar-refractivity contribution in [2.24, 2.45) is 5.73 Å². The molecule has 0 spiro atoms. The molecule has 0 atom stereocenters. The smallest absolute Gasteiger partial charge is 1.00 e. The van der Waals surface area contributed by atoms with Crippen molar-refractivity contribution in [2.75, 3.05) is 6.61 Å². The molecule has 5 nitrogen and oxygen atoms in total. The molecule has 0 aliphatic carbocycles. The van der Waals surface area contributed by atoms with Gasteiger partial charge < -0.3 is 7.16 Å². The molecule has 0 aliphatic heterocycles. The van der Waals surface area contributed by atoms with Gasteiger partial charge in [0.15, 0.2) is 0 Å². The minimum Gasteiger partial charge on any atom is -1.00 e. The number of hydrogen-bond donors (Lipinski definition) is 1. The summed E-state index contributed by atoms with van der Waals surface area (Å²) in [6.07, 6.45) is 1.33. The molecule has 13 heavy (non-hydrogen) atoms. The minimum absolute atomic E-state index is 0. The Morgan fingerprint density at radius 1 is 1.62 bits per heavy atom. The Balaban J connectivity index is -0.000000605. The van der Waals surface area contributed by atoms with Crippen LogP contribution >= 0.6 is 0 Å². The fourth-order valence-electron chi connectivity index (χ4n) is 0.389. The maximum atomic E-state index is 10.8. The normalized spacial score (nSPS) is 11.2. The number of carbonyl (C=O) groups is 1. The predicted octanol–water partition coefficient (Wildman–Crippen LogP) is -3.14. The van der Waals surface area contributed by atoms with Gasteiger partial charge in [0.2, 0.25) is 5.91 Å². The summed E-state index contributed by atoms with van der Waals surface area (Å²) < 4.78 is 26.0. The van der Waals surface area contributed by atoms with E-state index in [0.29, 0.717) is 11.8 Å². The fourth-order valence-corrected chi connectivity index (χ4v) is 1.17. The second-order valence-electron chi connectivity index (χ2n) is 2.02. The molecule has 1 amide bonds. The van der Waals surface area contributed by atoms with Crippen LogP contribution in [0.25, 0.3) is 0 Å². The van der Waals surface area contributed by atoms with Crippen molar-refractivity contribution in [1.29, 1.82) is 0 Å². The SMILES string of the molecule is CCCOS(=O)(=O)C=CC(N)=O.[H-].[Li+]. The first-order chi connectivity index (χ1) is 5.48. The number of carbonyl (C=O) groups excluding carboxylic acids is 1. The van der Waals surface area contributed by atoms with Crippen molar-refractivity contribution in [1.82, 2.24) is 0 Å². The zero-order valence-electron chi connectivity index (χ0n) is 8.69. The first-order valence-electron chi connectivity index (χ1n) is 3.35. The van der Waals surface area contributed by atoms with Crippen LogP contribution in [-0.2, 0) is 19.1 Å². The third kappa shape index (κ3) is 9.63. The van der Waals surface area contributed by atoms with Crippen LogP contribution in [0.1, 0.15) is 14.8 Å². The largest absolute Gasteiger partial charge is 1.00 e. The van der Waals surface area contributed by atoms with Crippen LogP contribution in [0.15, 0.2) is 11.5 Å². The Bertz CT molecular complexity index is 278. The average molecular weight is 201 g/mol. The summed E-state index contributed by atoms with van der Waals surface area (Å²) in [7, 11) is -3.72. The van der Waals surface area contributed by atoms with E-state index in [4.69, 9.17) is 0 Å². The van der Waals surface area contributed by atoms with Gasteiger partial charge in [0.25, 0.3) is 10.1 Å². The molecule has 0 saturated carbocycles. The topological polar surface area (TPSA) is 86.5 Å². The molecule has 2 N–H and O–H groups in total. The second-order valence-corrected chi connectivity index (χ2v) is 3.51. The van der Waals surface area contributed by atoms with Crippen LogP contribution in [0.3, 0.4) is 0 Å². The third-order valence-electron chi connectivity index (χ3n) is 0.851. The van der Waals surface area contributed by atoms with E-state index in [1.807, 2.05) is 0 Å². The molecule has 0 aromatic rings. The van der Waals surface area contributed by atoms with Crippen LogP contribution < -0.4 is 24.6 Å². The number of rotatable bonds is 5. The maximum Gasteiger partial charge on any atom is 1.00 e. The molecule has 0 aromatic carbocycles. The summed E-state index contributed by atoms with van der Waals surface area (Å²) in [5.41, 5.74) is 4.68. The molecule has 0 radical (unpaired) electrons. The van der Waals surface area contributed by atoms with Crippen LogP contribution in [0.5, 0.6) is 0 Å². The van der Waals surface area contributed by atoms with Gasteiger partial charge in [-0.05, 0) is 6.42 Å². The summed E-state index contributed by atoms with van der Waals surface area (Å²) in [4.78, 5) is 10.1. The zero-order chi connectivity index (χ0) is 9.61. The second kappa shape index (κ2) is 7.15. The van der Waals surface area contributed by atoms with Gasteiger partial charge in [0, 0.05) is 6.08 Å². The van der Waals surface area contributed by atoms with Crippen molar-refractivity contribution in [3.63, 3.8) is 0 Å². The third-order valence-corrected chi connectivity index (χ3v) is 1.82. The van der Waals surface area contributed by atoms with E-state index in [2.05, 4.69) is 9.92 Å². The van der Waals surface area contributed by atoms with Gasteiger partial charge in [-0.25, -0.2) is 0 Å². The van der Waals surface area contributed by atoms with E-state index in [9.17, 15) is 13.2 Å². The summed E-state index contributed by atoms with van der Waals surface area (Å²) in [5, 5.41) is 0.644. The number of amides is 1. The van der Waals surface area contributed by atoms with E-state index in [1.54, 1.807) is 6.92 Å². The molecule has 0 aliphatic rings. The van der Waals surface area contributed by atoms with Crippen molar-refractivity contribution in [3.8, 4) is 0 Å². The monoisotopic (exact) mass is 201 g/mol. The van der Waals surface area contributed by atoms with E-state index < -0.39 is 16.0 Å². The first kappa shape index (κ1) is 15.2. The van der Waals surface area contributed by atoms with Gasteiger partial charge in [-0.15, -0.1) is 0 Å². The predicted molar refractivity (Wildman–Crippen MR) is 44.6 cm³/mol. The molecular weight excluding hydrogens is 189 g/mol. The Kier molecular flexibility index (Phi) is 8.36. The van der Waals surface area contributed by atoms with Crippen molar-refractivity contribution >= 4 is 16.0 Å². The Morgan fingerprint density at radius 3 is 2.54 bits per heavy atom. The van der Waals surface area contributed by atoms with E-state index >= 15 is 0 Å². The van der Waals surface area contributed by atoms with Crippen molar-refractivity contribution < 1.29 is 37.7 Å². The fraction of sp³-hybridized carbons (Fsp3) is 0.500. The molecule has 0 saturated heterocycles. The van der Waals surface area contributed by atoms with E-state index in [0.717, 1.165) is 6.08 Å². The standard InChI is InChI=1S/C6H11NO4S.Li.H/c1-2-4-11-12(9,10)5-3-6(7)8;;/h3,5H,2,4H2,1H3,(H2,7,8);;/q;+1;-1. The summed E-state index contributed by atoms with van der Waals surface area (Å²) in [6.45, 7) is 1.87. The number of nitrogens with two attached hydrogens (primary N) is 1. The average Bonchev–Trinajstić information content (AvgIpc) is 1.98. The van der Waals surface area contributed by atoms with Crippen LogP contribution in [0.2, 0.25) is 0 Å². The van der Waals surface area contributed by atoms with Crippen molar-refractivity contribution in [3.05, 3.63) is 11.5 Å². The van der Waals surface area contributed by atoms with Gasteiger partial charge in [0.1, 0.15) is 0 Å². The molecule has 0 aromatic heterocycles. The molecule has 72 valence electrons. The zero-order valence-corrected chi connectivity index (χ0v) is 8.50. The van der Waals surface area contributed by atoms with Crippen LogP contribution in [-0.4, -0.2) is 20.9 Å². The summed E-state index contributed by atoms with van der Waals surface area (Å²) in [6, 6.07) is 0. The molecule has 0 rings (SSSR count). The number of primary amides is 1. The van der Waals surface area contributed by atoms with Crippen LogP contribution in [0.4, 0.5) is 0 Å². The minimum atomic E-state index is -3.72. The van der Waals surface area contributed by atoms with Gasteiger partial charge in [-0.3, -0.25) is 8.98 Å². The summed E-state index contributed by atoms with van der Waals surface area (Å²) >= 11 is 0. The molecule has 0 fully saturated rings. The molecule has 0 unspecified atom stereocenters. The Hall–Kier alpha value is -0.283. The number of hydrogen-bond acceptors (Lipinski definition) is 4. The van der Waals surface area contributed by atoms with E-state index in [-0.39, 0.29) is 26.9 Å². The van der Waals surface area contributed by atoms with Crippen molar-refractivity contribution in [2.45, 2.75) is 13.3 Å². The maximum absolute atomic E-state index is 10.8. The van der Waals surface area contributed by atoms with Crippen LogP contribution in [0, 0.1) is 0 Å². The van der Waals surface area contributed by atoms with Gasteiger partial charge in [-0.2, -0.15) is 8.42 Å². The first-order valence-corrected chi connectivity index (χ1v) is 4.82. The quantitative estimate of drug-likeness (QED) is 0.289. The van der Waals surface area contributed by atoms with Gasteiger partial charge in [-0.1, -0.05) is 6.92 Å². The van der Waals surface area contributed by atoms with Gasteiger partial charge in [0.05, 0.1) is 12.0 Å². The molecular formula is C6H12LiNO4S. The molecule has 7 heteroatoms. The van der Waals surface area contributed by atoms with E-state index in [1.165, 1.54) is 0 Å². The Morgan fingerprint density at radius 2 is 2.15 bits per heavy atom. The molecule has 0 heterocycles.